The summed E-state index contributed by atoms with van der Waals surface area (Å²) < 4.78 is 18.5. The van der Waals surface area contributed by atoms with E-state index < -0.39 is 31.5 Å². The van der Waals surface area contributed by atoms with Crippen molar-refractivity contribution in [1.29, 1.82) is 0 Å². The molecule has 0 saturated heterocycles. The van der Waals surface area contributed by atoms with Gasteiger partial charge in [-0.2, -0.15) is 0 Å². The lowest BCUT2D eigenvalue weighted by atomic mass is 10.2. The highest BCUT2D eigenvalue weighted by Gasteiger charge is 2.46. The van der Waals surface area contributed by atoms with E-state index in [1.54, 1.807) is 0 Å². The Kier molecular flexibility index (Phi) is 7.50. The van der Waals surface area contributed by atoms with E-state index in [-0.39, 0.29) is 18.3 Å². The maximum atomic E-state index is 9.15. The number of hydrogen-bond donors (Lipinski definition) is 2. The second-order valence-corrected chi connectivity index (χ2v) is 19.9. The first-order chi connectivity index (χ1) is 9.16. The van der Waals surface area contributed by atoms with Crippen LogP contribution in [-0.2, 0) is 12.7 Å². The van der Waals surface area contributed by atoms with Crippen molar-refractivity contribution in [2.45, 2.75) is 71.2 Å². The largest absolute Gasteiger partial charge is 0.436 e. The molecular formula is C13H34O5Si3. The molecule has 0 spiro atoms. The molecular weight excluding hydrogens is 320 g/mol. The molecule has 0 aromatic rings. The van der Waals surface area contributed by atoms with Gasteiger partial charge in [-0.1, -0.05) is 20.8 Å². The van der Waals surface area contributed by atoms with Crippen molar-refractivity contribution in [1.82, 2.24) is 0 Å². The molecule has 0 aliphatic heterocycles. The summed E-state index contributed by atoms with van der Waals surface area (Å²) in [5.41, 5.74) is 0. The first-order valence-corrected chi connectivity index (χ1v) is 16.0. The lowest BCUT2D eigenvalue weighted by Gasteiger charge is -2.44. The topological polar surface area (TPSA) is 68.2 Å². The van der Waals surface area contributed by atoms with Crippen molar-refractivity contribution >= 4 is 25.4 Å². The molecule has 2 N–H and O–H groups in total. The summed E-state index contributed by atoms with van der Waals surface area (Å²) in [5.74, 6) is 0. The molecule has 0 fully saturated rings. The fourth-order valence-electron chi connectivity index (χ4n) is 1.94. The van der Waals surface area contributed by atoms with Crippen LogP contribution in [0.25, 0.3) is 0 Å². The van der Waals surface area contributed by atoms with Crippen LogP contribution in [0.4, 0.5) is 0 Å². The van der Waals surface area contributed by atoms with Crippen molar-refractivity contribution in [3.63, 3.8) is 0 Å². The first-order valence-electron chi connectivity index (χ1n) is 7.46. The predicted octanol–water partition coefficient (Wildman–Crippen LogP) is 2.80. The van der Waals surface area contributed by atoms with Gasteiger partial charge in [0.1, 0.15) is 0 Å². The molecule has 0 heterocycles. The molecule has 0 rings (SSSR count). The lowest BCUT2D eigenvalue weighted by Crippen LogP contribution is -2.57. The Balaban J connectivity index is 4.87. The van der Waals surface area contributed by atoms with Gasteiger partial charge in [0.2, 0.25) is 0 Å². The Morgan fingerprint density at radius 1 is 0.810 bits per heavy atom. The van der Waals surface area contributed by atoms with Crippen LogP contribution >= 0.6 is 0 Å². The zero-order valence-corrected chi connectivity index (χ0v) is 18.1. The molecule has 0 radical (unpaired) electrons. The van der Waals surface area contributed by atoms with E-state index in [2.05, 4.69) is 33.9 Å². The maximum Gasteiger partial charge on any atom is 0.323 e. The monoisotopic (exact) mass is 354 g/mol. The smallest absolute Gasteiger partial charge is 0.323 e. The summed E-state index contributed by atoms with van der Waals surface area (Å²) in [5, 5.41) is 18.4. The Hall–Kier alpha value is 0.451. The van der Waals surface area contributed by atoms with Gasteiger partial charge in [-0.15, -0.1) is 0 Å². The number of rotatable bonds is 8. The minimum absolute atomic E-state index is 0.131. The molecule has 0 aliphatic rings. The average Bonchev–Trinajstić information content (AvgIpc) is 2.20. The van der Waals surface area contributed by atoms with E-state index in [4.69, 9.17) is 22.9 Å². The van der Waals surface area contributed by atoms with Gasteiger partial charge in [-0.25, -0.2) is 0 Å². The van der Waals surface area contributed by atoms with Crippen LogP contribution < -0.4 is 0 Å². The number of aliphatic hydroxyl groups excluding tert-OH is 2. The normalized spacial score (nSPS) is 14.9. The van der Waals surface area contributed by atoms with Crippen molar-refractivity contribution in [3.8, 4) is 0 Å². The van der Waals surface area contributed by atoms with Gasteiger partial charge in [-0.05, 0) is 44.3 Å². The van der Waals surface area contributed by atoms with Crippen molar-refractivity contribution < 1.29 is 22.9 Å². The summed E-state index contributed by atoms with van der Waals surface area (Å²) in [6, 6.07) is 0. The van der Waals surface area contributed by atoms with Gasteiger partial charge in [0.15, 0.2) is 8.32 Å². The minimum atomic E-state index is -2.46. The van der Waals surface area contributed by atoms with Gasteiger partial charge in [-0.3, -0.25) is 0 Å². The SMILES string of the molecule is CC(C)(C)[Si](C)(C)O[Si](C)(C)O[Si](C)(C)OC(CO)CO. The van der Waals surface area contributed by atoms with Crippen LogP contribution in [0.15, 0.2) is 0 Å². The van der Waals surface area contributed by atoms with Gasteiger partial charge in [0.25, 0.3) is 0 Å². The molecule has 5 nitrogen and oxygen atoms in total. The van der Waals surface area contributed by atoms with Crippen LogP contribution in [-0.4, -0.2) is 55.0 Å². The van der Waals surface area contributed by atoms with E-state index in [9.17, 15) is 0 Å². The molecule has 0 aromatic heterocycles. The third-order valence-electron chi connectivity index (χ3n) is 3.66. The molecule has 0 unspecified atom stereocenters. The van der Waals surface area contributed by atoms with E-state index in [1.807, 2.05) is 26.2 Å². The van der Waals surface area contributed by atoms with E-state index in [0.29, 0.717) is 0 Å². The average molecular weight is 355 g/mol. The van der Waals surface area contributed by atoms with E-state index >= 15 is 0 Å². The zero-order valence-electron chi connectivity index (χ0n) is 15.1. The van der Waals surface area contributed by atoms with Crippen LogP contribution in [0.3, 0.4) is 0 Å². The summed E-state index contributed by atoms with van der Waals surface area (Å²) in [7, 11) is -6.70. The summed E-state index contributed by atoms with van der Waals surface area (Å²) in [6.07, 6.45) is -0.579. The zero-order chi connectivity index (χ0) is 17.1. The standard InChI is InChI=1S/C13H34O5Si3/c1-13(2,3)19(4,5)17-21(8,9)18-20(6,7)16-12(10-14)11-15/h12,14-15H,10-11H2,1-9H3. The first kappa shape index (κ1) is 21.5. The van der Waals surface area contributed by atoms with Crippen molar-refractivity contribution in [3.05, 3.63) is 0 Å². The molecule has 0 bridgehead atoms. The second-order valence-electron chi connectivity index (χ2n) is 7.87. The fraction of sp³-hybridized carbons (Fsp3) is 1.00. The van der Waals surface area contributed by atoms with E-state index in [0.717, 1.165) is 0 Å². The third kappa shape index (κ3) is 7.51. The van der Waals surface area contributed by atoms with E-state index in [1.165, 1.54) is 0 Å². The highest BCUT2D eigenvalue weighted by molar-refractivity contribution is 6.87. The van der Waals surface area contributed by atoms with Gasteiger partial charge in [0, 0.05) is 0 Å². The van der Waals surface area contributed by atoms with Crippen LogP contribution in [0.2, 0.25) is 44.3 Å². The highest BCUT2D eigenvalue weighted by Crippen LogP contribution is 2.39. The molecule has 0 amide bonds. The Bertz CT molecular complexity index is 322. The Morgan fingerprint density at radius 3 is 1.57 bits per heavy atom. The van der Waals surface area contributed by atoms with Crippen molar-refractivity contribution in [2.24, 2.45) is 0 Å². The third-order valence-corrected chi connectivity index (χ3v) is 16.1. The molecule has 128 valence electrons. The minimum Gasteiger partial charge on any atom is -0.436 e. The molecule has 0 saturated carbocycles. The molecule has 21 heavy (non-hydrogen) atoms. The predicted molar refractivity (Wildman–Crippen MR) is 93.4 cm³/mol. The summed E-state index contributed by atoms with van der Waals surface area (Å²) in [4.78, 5) is 0. The molecule has 0 aromatic carbocycles. The van der Waals surface area contributed by atoms with Gasteiger partial charge < -0.3 is 22.9 Å². The fourth-order valence-corrected chi connectivity index (χ4v) is 14.5. The lowest BCUT2D eigenvalue weighted by molar-refractivity contribution is 0.0416. The number of hydrogen-bond acceptors (Lipinski definition) is 5. The quantitative estimate of drug-likeness (QED) is 0.656. The summed E-state index contributed by atoms with van der Waals surface area (Å²) in [6.45, 7) is 18.6. The Labute approximate surface area is 133 Å². The maximum absolute atomic E-state index is 9.15. The van der Waals surface area contributed by atoms with Gasteiger partial charge >= 0.3 is 17.1 Å². The van der Waals surface area contributed by atoms with Crippen LogP contribution in [0.5, 0.6) is 0 Å². The van der Waals surface area contributed by atoms with Gasteiger partial charge in [0.05, 0.1) is 19.3 Å². The highest BCUT2D eigenvalue weighted by atomic mass is 28.5. The summed E-state index contributed by atoms with van der Waals surface area (Å²) >= 11 is 0. The molecule has 0 atom stereocenters. The molecule has 0 aliphatic carbocycles. The van der Waals surface area contributed by atoms with Crippen LogP contribution in [0, 0.1) is 0 Å². The Morgan fingerprint density at radius 2 is 1.24 bits per heavy atom. The molecule has 8 heteroatoms. The second kappa shape index (κ2) is 7.35. The number of aliphatic hydroxyl groups is 2. The van der Waals surface area contributed by atoms with Crippen LogP contribution in [0.1, 0.15) is 20.8 Å². The van der Waals surface area contributed by atoms with Crippen molar-refractivity contribution in [2.75, 3.05) is 13.2 Å².